The molecule has 1 saturated heterocycles. The van der Waals surface area contributed by atoms with Gasteiger partial charge in [-0.15, -0.1) is 0 Å². The van der Waals surface area contributed by atoms with Gasteiger partial charge in [0.25, 0.3) is 0 Å². The van der Waals surface area contributed by atoms with E-state index in [2.05, 4.69) is 9.88 Å². The lowest BCUT2D eigenvalue weighted by Gasteiger charge is -2.26. The van der Waals surface area contributed by atoms with Crippen LogP contribution in [0, 0.1) is 5.92 Å². The van der Waals surface area contributed by atoms with Crippen LogP contribution in [0.5, 0.6) is 0 Å². The molecule has 80 valence electrons. The average Bonchev–Trinajstić information content (AvgIpc) is 2.79. The molecule has 0 spiro atoms. The molecule has 1 aliphatic heterocycles. The molecule has 0 N–H and O–H groups in total. The van der Waals surface area contributed by atoms with E-state index in [4.69, 9.17) is 11.6 Å². The largest absolute Gasteiger partial charge is 0.294 e. The van der Waals surface area contributed by atoms with Crippen molar-refractivity contribution in [3.8, 4) is 0 Å². The van der Waals surface area contributed by atoms with Gasteiger partial charge < -0.3 is 0 Å². The van der Waals surface area contributed by atoms with Crippen LogP contribution in [0.25, 0.3) is 0 Å². The summed E-state index contributed by atoms with van der Waals surface area (Å²) in [6.07, 6.45) is 6.02. The second kappa shape index (κ2) is 3.76. The predicted molar refractivity (Wildman–Crippen MR) is 60.8 cm³/mol. The van der Waals surface area contributed by atoms with E-state index in [1.807, 2.05) is 12.1 Å². The van der Waals surface area contributed by atoms with Gasteiger partial charge in [0.1, 0.15) is 0 Å². The van der Waals surface area contributed by atoms with Gasteiger partial charge in [0.15, 0.2) is 0 Å². The number of hydrogen-bond donors (Lipinski definition) is 0. The molecule has 2 nitrogen and oxygen atoms in total. The van der Waals surface area contributed by atoms with Gasteiger partial charge in [0.05, 0.1) is 5.69 Å². The summed E-state index contributed by atoms with van der Waals surface area (Å²) < 4.78 is 0. The quantitative estimate of drug-likeness (QED) is 0.765. The van der Waals surface area contributed by atoms with Gasteiger partial charge in [-0.25, -0.2) is 0 Å². The van der Waals surface area contributed by atoms with Crippen LogP contribution in [0.4, 0.5) is 0 Å². The van der Waals surface area contributed by atoms with Crippen LogP contribution >= 0.6 is 11.6 Å². The second-order valence-electron chi connectivity index (χ2n) is 4.73. The second-order valence-corrected chi connectivity index (χ2v) is 5.16. The highest BCUT2D eigenvalue weighted by Gasteiger charge is 2.37. The lowest BCUT2D eigenvalue weighted by molar-refractivity contribution is 0.203. The van der Waals surface area contributed by atoms with Crippen molar-refractivity contribution in [3.63, 3.8) is 0 Å². The van der Waals surface area contributed by atoms with Crippen LogP contribution in [-0.2, 0) is 6.54 Å². The zero-order valence-corrected chi connectivity index (χ0v) is 9.45. The smallest absolute Gasteiger partial charge is 0.0558 e. The molecule has 3 rings (SSSR count). The highest BCUT2D eigenvalue weighted by Crippen LogP contribution is 2.37. The minimum absolute atomic E-state index is 0.796. The number of nitrogens with zero attached hydrogens (tertiary/aromatic N) is 2. The minimum Gasteiger partial charge on any atom is -0.294 e. The van der Waals surface area contributed by atoms with Crippen molar-refractivity contribution in [1.82, 2.24) is 9.88 Å². The number of likely N-dealkylation sites (tertiary alicyclic amines) is 1. The summed E-state index contributed by atoms with van der Waals surface area (Å²) in [6.45, 7) is 2.24. The van der Waals surface area contributed by atoms with Crippen molar-refractivity contribution in [2.75, 3.05) is 6.54 Å². The third-order valence-electron chi connectivity index (χ3n) is 3.67. The molecular weight excluding hydrogens is 208 g/mol. The summed E-state index contributed by atoms with van der Waals surface area (Å²) in [4.78, 5) is 6.92. The van der Waals surface area contributed by atoms with Crippen LogP contribution < -0.4 is 0 Å². The van der Waals surface area contributed by atoms with Crippen molar-refractivity contribution in [2.45, 2.75) is 31.8 Å². The zero-order valence-electron chi connectivity index (χ0n) is 8.69. The molecule has 2 atom stereocenters. The summed E-state index contributed by atoms with van der Waals surface area (Å²) in [7, 11) is 0. The number of aromatic nitrogens is 1. The van der Waals surface area contributed by atoms with E-state index in [-0.39, 0.29) is 0 Å². The topological polar surface area (TPSA) is 16.1 Å². The number of rotatable bonds is 2. The third kappa shape index (κ3) is 1.88. The first-order valence-corrected chi connectivity index (χ1v) is 6.03. The van der Waals surface area contributed by atoms with Crippen LogP contribution in [-0.4, -0.2) is 22.5 Å². The molecule has 15 heavy (non-hydrogen) atoms. The third-order valence-corrected chi connectivity index (χ3v) is 3.90. The van der Waals surface area contributed by atoms with Crippen LogP contribution in [0.3, 0.4) is 0 Å². The predicted octanol–water partition coefficient (Wildman–Crippen LogP) is 2.72. The summed E-state index contributed by atoms with van der Waals surface area (Å²) >= 11 is 5.95. The van der Waals surface area contributed by atoms with Gasteiger partial charge in [0, 0.05) is 30.4 Å². The van der Waals surface area contributed by atoms with Crippen molar-refractivity contribution >= 4 is 11.6 Å². The lowest BCUT2D eigenvalue weighted by atomic mass is 10.1. The molecule has 2 aliphatic rings. The lowest BCUT2D eigenvalue weighted by Crippen LogP contribution is -2.31. The summed E-state index contributed by atoms with van der Waals surface area (Å²) in [5.41, 5.74) is 1.11. The number of halogens is 1. The molecule has 1 saturated carbocycles. The molecular formula is C12H15ClN2. The SMILES string of the molecule is Clc1ccnc(CN2CC3CCC2C3)c1. The highest BCUT2D eigenvalue weighted by molar-refractivity contribution is 6.30. The van der Waals surface area contributed by atoms with Crippen molar-refractivity contribution < 1.29 is 0 Å². The van der Waals surface area contributed by atoms with E-state index < -0.39 is 0 Å². The van der Waals surface area contributed by atoms with E-state index in [1.54, 1.807) is 6.20 Å². The Kier molecular flexibility index (Phi) is 2.41. The molecule has 2 bridgehead atoms. The van der Waals surface area contributed by atoms with Crippen molar-refractivity contribution in [3.05, 3.63) is 29.0 Å². The standard InChI is InChI=1S/C12H15ClN2/c13-10-3-4-14-11(6-10)8-15-7-9-1-2-12(15)5-9/h3-4,6,9,12H,1-2,5,7-8H2. The Labute approximate surface area is 95.3 Å². The molecule has 0 amide bonds. The number of hydrogen-bond acceptors (Lipinski definition) is 2. The molecule has 1 aromatic rings. The average molecular weight is 223 g/mol. The Morgan fingerprint density at radius 1 is 1.47 bits per heavy atom. The van der Waals surface area contributed by atoms with Crippen LogP contribution in [0.15, 0.2) is 18.3 Å². The van der Waals surface area contributed by atoms with E-state index in [0.29, 0.717) is 0 Å². The molecule has 1 aromatic heterocycles. The minimum atomic E-state index is 0.796. The van der Waals surface area contributed by atoms with Gasteiger partial charge >= 0.3 is 0 Å². The first-order valence-electron chi connectivity index (χ1n) is 5.66. The van der Waals surface area contributed by atoms with Gasteiger partial charge in [-0.3, -0.25) is 9.88 Å². The van der Waals surface area contributed by atoms with Crippen LogP contribution in [0.2, 0.25) is 5.02 Å². The Bertz CT molecular complexity index is 366. The maximum atomic E-state index is 5.95. The first kappa shape index (κ1) is 9.61. The molecule has 2 fully saturated rings. The van der Waals surface area contributed by atoms with Crippen molar-refractivity contribution in [1.29, 1.82) is 0 Å². The van der Waals surface area contributed by atoms with E-state index in [9.17, 15) is 0 Å². The number of fused-ring (bicyclic) bond motifs is 2. The number of pyridine rings is 1. The molecule has 2 unspecified atom stereocenters. The fraction of sp³-hybridized carbons (Fsp3) is 0.583. The fourth-order valence-corrected chi connectivity index (χ4v) is 3.15. The van der Waals surface area contributed by atoms with Gasteiger partial charge in [-0.05, 0) is 37.3 Å². The molecule has 0 aromatic carbocycles. The van der Waals surface area contributed by atoms with Gasteiger partial charge in [-0.2, -0.15) is 0 Å². The zero-order chi connectivity index (χ0) is 10.3. The summed E-state index contributed by atoms with van der Waals surface area (Å²) in [5, 5.41) is 0.796. The first-order chi connectivity index (χ1) is 7.31. The van der Waals surface area contributed by atoms with Gasteiger partial charge in [0.2, 0.25) is 0 Å². The van der Waals surface area contributed by atoms with Crippen molar-refractivity contribution in [2.24, 2.45) is 5.92 Å². The molecule has 1 aliphatic carbocycles. The molecule has 2 heterocycles. The Balaban J connectivity index is 1.71. The normalized spacial score (nSPS) is 29.9. The highest BCUT2D eigenvalue weighted by atomic mass is 35.5. The Hall–Kier alpha value is -0.600. The Morgan fingerprint density at radius 2 is 2.40 bits per heavy atom. The molecule has 3 heteroatoms. The van der Waals surface area contributed by atoms with Gasteiger partial charge in [-0.1, -0.05) is 11.6 Å². The molecule has 0 radical (unpaired) electrons. The van der Waals surface area contributed by atoms with E-state index in [0.717, 1.165) is 29.2 Å². The van der Waals surface area contributed by atoms with E-state index >= 15 is 0 Å². The van der Waals surface area contributed by atoms with Crippen LogP contribution in [0.1, 0.15) is 25.0 Å². The summed E-state index contributed by atoms with van der Waals surface area (Å²) in [5.74, 6) is 0.953. The monoisotopic (exact) mass is 222 g/mol. The fourth-order valence-electron chi connectivity index (χ4n) is 2.96. The Morgan fingerprint density at radius 3 is 3.07 bits per heavy atom. The maximum Gasteiger partial charge on any atom is 0.0558 e. The number of piperidine rings is 1. The maximum absolute atomic E-state index is 5.95. The summed E-state index contributed by atoms with van der Waals surface area (Å²) in [6, 6.07) is 4.63. The van der Waals surface area contributed by atoms with E-state index in [1.165, 1.54) is 25.8 Å².